The third-order valence-electron chi connectivity index (χ3n) is 3.44. The van der Waals surface area contributed by atoms with Crippen LogP contribution >= 0.6 is 0 Å². The predicted molar refractivity (Wildman–Crippen MR) is 90.8 cm³/mol. The van der Waals surface area contributed by atoms with Crippen LogP contribution in [0.2, 0.25) is 0 Å². The molecule has 0 aliphatic carbocycles. The first-order valence-electron chi connectivity index (χ1n) is 7.84. The number of hydrogen-bond donors (Lipinski definition) is 1. The maximum absolute atomic E-state index is 5.67. The van der Waals surface area contributed by atoms with E-state index in [0.717, 1.165) is 19.7 Å². The Bertz CT molecular complexity index is 393. The summed E-state index contributed by atoms with van der Waals surface area (Å²) in [6.45, 7) is 12.3. The maximum atomic E-state index is 5.67. The Morgan fingerprint density at radius 3 is 2.29 bits per heavy atom. The van der Waals surface area contributed by atoms with Gasteiger partial charge in [0.05, 0.1) is 13.2 Å². The van der Waals surface area contributed by atoms with Gasteiger partial charge in [-0.25, -0.2) is 0 Å². The van der Waals surface area contributed by atoms with Crippen LogP contribution in [-0.2, 0) is 11.3 Å². The van der Waals surface area contributed by atoms with Crippen molar-refractivity contribution >= 4 is 0 Å². The lowest BCUT2D eigenvalue weighted by Gasteiger charge is -2.23. The Balaban J connectivity index is 2.39. The molecule has 1 aromatic carbocycles. The standard InChI is InChI=1S/C18H32N2O/c1-15(13-19-18(2,3)4)17-9-7-16(8-10-17)14-21-12-11-20(5)6/h7-10,15,19H,11-14H2,1-6H3. The summed E-state index contributed by atoms with van der Waals surface area (Å²) in [5.41, 5.74) is 2.80. The largest absolute Gasteiger partial charge is 0.375 e. The topological polar surface area (TPSA) is 24.5 Å². The molecule has 21 heavy (non-hydrogen) atoms. The molecule has 1 N–H and O–H groups in total. The molecule has 0 fully saturated rings. The fourth-order valence-corrected chi connectivity index (χ4v) is 1.96. The Morgan fingerprint density at radius 2 is 1.76 bits per heavy atom. The Hall–Kier alpha value is -0.900. The van der Waals surface area contributed by atoms with Gasteiger partial charge in [-0.05, 0) is 51.9 Å². The van der Waals surface area contributed by atoms with Crippen LogP contribution in [-0.4, -0.2) is 44.2 Å². The summed E-state index contributed by atoms with van der Waals surface area (Å²) in [5.74, 6) is 0.521. The van der Waals surface area contributed by atoms with E-state index < -0.39 is 0 Å². The van der Waals surface area contributed by atoms with Crippen LogP contribution in [0.5, 0.6) is 0 Å². The highest BCUT2D eigenvalue weighted by molar-refractivity contribution is 5.25. The van der Waals surface area contributed by atoms with Gasteiger partial charge in [-0.15, -0.1) is 0 Å². The third-order valence-corrected chi connectivity index (χ3v) is 3.44. The second-order valence-corrected chi connectivity index (χ2v) is 7.13. The summed E-state index contributed by atoms with van der Waals surface area (Å²) >= 11 is 0. The predicted octanol–water partition coefficient (Wildman–Crippen LogP) is 3.26. The average molecular weight is 292 g/mol. The average Bonchev–Trinajstić information content (AvgIpc) is 2.40. The van der Waals surface area contributed by atoms with E-state index in [1.807, 2.05) is 0 Å². The number of benzene rings is 1. The Kier molecular flexibility index (Phi) is 7.36. The second-order valence-electron chi connectivity index (χ2n) is 7.13. The van der Waals surface area contributed by atoms with Crippen LogP contribution in [0.25, 0.3) is 0 Å². The van der Waals surface area contributed by atoms with Gasteiger partial charge in [0.25, 0.3) is 0 Å². The van der Waals surface area contributed by atoms with Crippen molar-refractivity contribution in [2.45, 2.75) is 45.8 Å². The van der Waals surface area contributed by atoms with Gasteiger partial charge < -0.3 is 15.0 Å². The lowest BCUT2D eigenvalue weighted by atomic mass is 9.98. The quantitative estimate of drug-likeness (QED) is 0.744. The van der Waals surface area contributed by atoms with Gasteiger partial charge in [0.15, 0.2) is 0 Å². The molecule has 1 unspecified atom stereocenters. The molecule has 1 atom stereocenters. The van der Waals surface area contributed by atoms with Crippen molar-refractivity contribution < 1.29 is 4.74 Å². The van der Waals surface area contributed by atoms with Crippen molar-refractivity contribution in [1.82, 2.24) is 10.2 Å². The van der Waals surface area contributed by atoms with Gasteiger partial charge in [-0.2, -0.15) is 0 Å². The summed E-state index contributed by atoms with van der Waals surface area (Å²) in [5, 5.41) is 3.56. The summed E-state index contributed by atoms with van der Waals surface area (Å²) in [7, 11) is 4.12. The van der Waals surface area contributed by atoms with Gasteiger partial charge in [0, 0.05) is 18.6 Å². The highest BCUT2D eigenvalue weighted by atomic mass is 16.5. The lowest BCUT2D eigenvalue weighted by Crippen LogP contribution is -2.38. The first-order chi connectivity index (χ1) is 9.78. The van der Waals surface area contributed by atoms with Crippen LogP contribution in [0.3, 0.4) is 0 Å². The fraction of sp³-hybridized carbons (Fsp3) is 0.667. The van der Waals surface area contributed by atoms with Gasteiger partial charge in [0.2, 0.25) is 0 Å². The number of hydrogen-bond acceptors (Lipinski definition) is 3. The van der Waals surface area contributed by atoms with Gasteiger partial charge in [0.1, 0.15) is 0 Å². The van der Waals surface area contributed by atoms with Gasteiger partial charge in [-0.3, -0.25) is 0 Å². The maximum Gasteiger partial charge on any atom is 0.0717 e. The second kappa shape index (κ2) is 8.52. The van der Waals surface area contributed by atoms with Crippen molar-refractivity contribution in [3.05, 3.63) is 35.4 Å². The molecule has 0 bridgehead atoms. The zero-order valence-corrected chi connectivity index (χ0v) is 14.6. The van der Waals surface area contributed by atoms with Crippen molar-refractivity contribution in [2.75, 3.05) is 33.8 Å². The van der Waals surface area contributed by atoms with Crippen molar-refractivity contribution in [3.63, 3.8) is 0 Å². The van der Waals surface area contributed by atoms with Gasteiger partial charge >= 0.3 is 0 Å². The van der Waals surface area contributed by atoms with E-state index in [0.29, 0.717) is 12.5 Å². The zero-order chi connectivity index (χ0) is 15.9. The van der Waals surface area contributed by atoms with E-state index in [4.69, 9.17) is 4.74 Å². The molecule has 3 nitrogen and oxygen atoms in total. The minimum Gasteiger partial charge on any atom is -0.375 e. The van der Waals surface area contributed by atoms with Crippen molar-refractivity contribution in [3.8, 4) is 0 Å². The number of rotatable bonds is 8. The number of likely N-dealkylation sites (N-methyl/N-ethyl adjacent to an activating group) is 1. The van der Waals surface area contributed by atoms with E-state index in [1.165, 1.54) is 11.1 Å². The van der Waals surface area contributed by atoms with Crippen LogP contribution < -0.4 is 5.32 Å². The highest BCUT2D eigenvalue weighted by Crippen LogP contribution is 2.16. The highest BCUT2D eigenvalue weighted by Gasteiger charge is 2.12. The monoisotopic (exact) mass is 292 g/mol. The number of nitrogens with one attached hydrogen (secondary N) is 1. The Labute approximate surface area is 130 Å². The molecule has 0 radical (unpaired) electrons. The molecule has 0 heterocycles. The molecule has 0 spiro atoms. The van der Waals surface area contributed by atoms with E-state index >= 15 is 0 Å². The molecule has 0 amide bonds. The number of ether oxygens (including phenoxy) is 1. The summed E-state index contributed by atoms with van der Waals surface area (Å²) in [6, 6.07) is 8.80. The third kappa shape index (κ3) is 8.20. The molecule has 0 aliphatic heterocycles. The van der Waals surface area contributed by atoms with E-state index in [-0.39, 0.29) is 5.54 Å². The molecule has 0 saturated carbocycles. The van der Waals surface area contributed by atoms with E-state index in [1.54, 1.807) is 0 Å². The lowest BCUT2D eigenvalue weighted by molar-refractivity contribution is 0.105. The van der Waals surface area contributed by atoms with E-state index in [2.05, 4.69) is 76.3 Å². The molecular weight excluding hydrogens is 260 g/mol. The molecule has 120 valence electrons. The minimum atomic E-state index is 0.175. The molecule has 1 aromatic rings. The SMILES string of the molecule is CC(CNC(C)(C)C)c1ccc(COCCN(C)C)cc1. The van der Waals surface area contributed by atoms with Crippen LogP contribution in [0.4, 0.5) is 0 Å². The first-order valence-corrected chi connectivity index (χ1v) is 7.84. The van der Waals surface area contributed by atoms with Crippen molar-refractivity contribution in [1.29, 1.82) is 0 Å². The minimum absolute atomic E-state index is 0.175. The summed E-state index contributed by atoms with van der Waals surface area (Å²) in [4.78, 5) is 2.13. The van der Waals surface area contributed by atoms with Gasteiger partial charge in [-0.1, -0.05) is 31.2 Å². The number of nitrogens with zero attached hydrogens (tertiary/aromatic N) is 1. The molecule has 0 aliphatic rings. The fourth-order valence-electron chi connectivity index (χ4n) is 1.96. The van der Waals surface area contributed by atoms with Crippen LogP contribution in [0, 0.1) is 0 Å². The summed E-state index contributed by atoms with van der Waals surface area (Å²) < 4.78 is 5.67. The first kappa shape index (κ1) is 18.1. The molecule has 1 rings (SSSR count). The van der Waals surface area contributed by atoms with Crippen LogP contribution in [0.1, 0.15) is 44.7 Å². The summed E-state index contributed by atoms with van der Waals surface area (Å²) in [6.07, 6.45) is 0. The molecular formula is C18H32N2O. The van der Waals surface area contributed by atoms with Crippen molar-refractivity contribution in [2.24, 2.45) is 0 Å². The Morgan fingerprint density at radius 1 is 1.14 bits per heavy atom. The molecule has 0 saturated heterocycles. The normalized spacial score (nSPS) is 13.7. The smallest absolute Gasteiger partial charge is 0.0717 e. The van der Waals surface area contributed by atoms with E-state index in [9.17, 15) is 0 Å². The zero-order valence-electron chi connectivity index (χ0n) is 14.6. The molecule has 3 heteroatoms. The molecule has 0 aromatic heterocycles. The van der Waals surface area contributed by atoms with Crippen LogP contribution in [0.15, 0.2) is 24.3 Å².